The topological polar surface area (TPSA) is 68.2 Å². The Labute approximate surface area is 55.5 Å². The first-order valence-corrected chi connectivity index (χ1v) is 2.36. The molecule has 9 heteroatoms. The largest absolute Gasteiger partial charge is 0.458 e. The zero-order valence-electron chi connectivity index (χ0n) is 4.95. The van der Waals surface area contributed by atoms with Crippen LogP contribution in [0.2, 0.25) is 0 Å². The van der Waals surface area contributed by atoms with Gasteiger partial charge in [0, 0.05) is 0 Å². The first-order valence-electron chi connectivity index (χ1n) is 2.36. The van der Waals surface area contributed by atoms with Gasteiger partial charge in [0.2, 0.25) is 0 Å². The summed E-state index contributed by atoms with van der Waals surface area (Å²) >= 11 is 0. The van der Waals surface area contributed by atoms with Crippen LogP contribution in [0.3, 0.4) is 0 Å². The van der Waals surface area contributed by atoms with E-state index in [1.54, 1.807) is 0 Å². The van der Waals surface area contributed by atoms with Crippen LogP contribution in [-0.4, -0.2) is 40.8 Å². The molecule has 9 heavy (non-hydrogen) atoms. The standard InChI is InChI=1S/B3H3O3.BH3O2/c1-4-2-6-3-5-1;2-1-3/h1-3H;1-3H. The predicted molar refractivity (Wildman–Crippen MR) is 36.3 cm³/mol. The molecule has 0 saturated carbocycles. The van der Waals surface area contributed by atoms with E-state index >= 15 is 0 Å². The van der Waals surface area contributed by atoms with Gasteiger partial charge in [-0.05, 0) is 0 Å². The van der Waals surface area contributed by atoms with Gasteiger partial charge in [-0.25, -0.2) is 0 Å². The molecule has 1 aliphatic rings. The SMILES string of the molecule is B1OBOBO1.OBO. The van der Waals surface area contributed by atoms with Gasteiger partial charge in [-0.2, -0.15) is 0 Å². The third-order valence-electron chi connectivity index (χ3n) is 0.500. The lowest BCUT2D eigenvalue weighted by molar-refractivity contribution is 0.347. The lowest BCUT2D eigenvalue weighted by atomic mass is 10.1. The van der Waals surface area contributed by atoms with E-state index in [4.69, 9.17) is 10.0 Å². The van der Waals surface area contributed by atoms with Crippen molar-refractivity contribution in [3.63, 3.8) is 0 Å². The fraction of sp³-hybridized carbons (Fsp3) is 0. The van der Waals surface area contributed by atoms with Crippen LogP contribution in [0.4, 0.5) is 0 Å². The summed E-state index contributed by atoms with van der Waals surface area (Å²) in [6, 6.07) is 0. The smallest absolute Gasteiger partial charge is 0.432 e. The van der Waals surface area contributed by atoms with Crippen LogP contribution in [-0.2, 0) is 13.7 Å². The Bertz CT molecular complexity index is 32.7. The van der Waals surface area contributed by atoms with Crippen molar-refractivity contribution in [2.45, 2.75) is 0 Å². The van der Waals surface area contributed by atoms with Crippen LogP contribution in [0.15, 0.2) is 0 Å². The Hall–Kier alpha value is 0.0597. The van der Waals surface area contributed by atoms with Gasteiger partial charge in [-0.3, -0.25) is 0 Å². The average Bonchev–Trinajstić information content (AvgIpc) is 1.93. The maximum atomic E-state index is 7.12. The Balaban J connectivity index is 0.000000187. The highest BCUT2D eigenvalue weighted by molar-refractivity contribution is 6.50. The van der Waals surface area contributed by atoms with Gasteiger partial charge in [0.1, 0.15) is 0 Å². The maximum absolute atomic E-state index is 7.12. The molecular formula is H6B4O5. The second kappa shape index (κ2) is 8.06. The molecule has 0 aromatic carbocycles. The zero-order chi connectivity index (χ0) is 6.95. The summed E-state index contributed by atoms with van der Waals surface area (Å²) in [5.41, 5.74) is 0. The van der Waals surface area contributed by atoms with E-state index in [0.717, 1.165) is 0 Å². The fourth-order valence-corrected chi connectivity index (χ4v) is 0.279. The van der Waals surface area contributed by atoms with Crippen molar-refractivity contribution < 1.29 is 23.8 Å². The molecule has 0 aliphatic carbocycles. The molecule has 0 aromatic rings. The second-order valence-corrected chi connectivity index (χ2v) is 1.11. The van der Waals surface area contributed by atoms with Crippen molar-refractivity contribution in [3.05, 3.63) is 0 Å². The van der Waals surface area contributed by atoms with Crippen LogP contribution in [0.1, 0.15) is 0 Å². The molecule has 0 amide bonds. The molecule has 0 spiro atoms. The van der Waals surface area contributed by atoms with E-state index < -0.39 is 7.69 Å². The maximum Gasteiger partial charge on any atom is 0.432 e. The van der Waals surface area contributed by atoms with Crippen LogP contribution in [0.25, 0.3) is 0 Å². The van der Waals surface area contributed by atoms with Crippen LogP contribution < -0.4 is 0 Å². The van der Waals surface area contributed by atoms with Crippen molar-refractivity contribution in [1.29, 1.82) is 0 Å². The number of hydrogen-bond acceptors (Lipinski definition) is 5. The molecule has 0 aromatic heterocycles. The molecular weight excluding hydrogens is 123 g/mol. The van der Waals surface area contributed by atoms with Crippen LogP contribution in [0.5, 0.6) is 0 Å². The summed E-state index contributed by atoms with van der Waals surface area (Å²) in [4.78, 5) is 0. The highest BCUT2D eigenvalue weighted by Crippen LogP contribution is 1.78. The molecule has 1 aliphatic heterocycles. The number of hydrogen-bond donors (Lipinski definition) is 2. The Kier molecular flexibility index (Phi) is 8.11. The van der Waals surface area contributed by atoms with Crippen molar-refractivity contribution in [1.82, 2.24) is 0 Å². The molecule has 1 saturated heterocycles. The van der Waals surface area contributed by atoms with Gasteiger partial charge in [0.05, 0.1) is 0 Å². The summed E-state index contributed by atoms with van der Waals surface area (Å²) < 4.78 is 13.9. The van der Waals surface area contributed by atoms with Crippen molar-refractivity contribution >= 4 is 30.7 Å². The van der Waals surface area contributed by atoms with Crippen molar-refractivity contribution in [3.8, 4) is 0 Å². The molecule has 5 nitrogen and oxygen atoms in total. The van der Waals surface area contributed by atoms with Gasteiger partial charge < -0.3 is 23.8 Å². The average molecular weight is 129 g/mol. The van der Waals surface area contributed by atoms with Gasteiger partial charge in [0.15, 0.2) is 0 Å². The summed E-state index contributed by atoms with van der Waals surface area (Å²) in [5, 5.41) is 14.2. The summed E-state index contributed by atoms with van der Waals surface area (Å²) in [6.07, 6.45) is 0. The van der Waals surface area contributed by atoms with E-state index in [-0.39, 0.29) is 0 Å². The highest BCUT2D eigenvalue weighted by Gasteiger charge is 2.03. The molecule has 0 bridgehead atoms. The molecule has 1 rings (SSSR count). The minimum atomic E-state index is -0.750. The molecule has 0 radical (unpaired) electrons. The Morgan fingerprint density at radius 2 is 1.11 bits per heavy atom. The van der Waals surface area contributed by atoms with Crippen molar-refractivity contribution in [2.75, 3.05) is 0 Å². The van der Waals surface area contributed by atoms with E-state index in [1.807, 2.05) is 0 Å². The van der Waals surface area contributed by atoms with Crippen LogP contribution in [0, 0.1) is 0 Å². The monoisotopic (exact) mass is 130 g/mol. The van der Waals surface area contributed by atoms with Gasteiger partial charge >= 0.3 is 30.7 Å². The van der Waals surface area contributed by atoms with Gasteiger partial charge in [0.25, 0.3) is 0 Å². The van der Waals surface area contributed by atoms with Gasteiger partial charge in [-0.15, -0.1) is 0 Å². The molecule has 1 heterocycles. The fourth-order valence-electron chi connectivity index (χ4n) is 0.279. The molecule has 0 unspecified atom stereocenters. The third kappa shape index (κ3) is 8.06. The summed E-state index contributed by atoms with van der Waals surface area (Å²) in [6.45, 7) is 0. The molecule has 48 valence electrons. The van der Waals surface area contributed by atoms with Crippen LogP contribution >= 0.6 is 0 Å². The zero-order valence-corrected chi connectivity index (χ0v) is 4.95. The predicted octanol–water partition coefficient (Wildman–Crippen LogP) is -3.91. The first kappa shape index (κ1) is 9.06. The normalized spacial score (nSPS) is 14.9. The first-order chi connectivity index (χ1) is 4.41. The number of rotatable bonds is 0. The Morgan fingerprint density at radius 1 is 0.889 bits per heavy atom. The van der Waals surface area contributed by atoms with E-state index in [1.165, 1.54) is 0 Å². The minimum Gasteiger partial charge on any atom is -0.458 e. The van der Waals surface area contributed by atoms with E-state index in [9.17, 15) is 0 Å². The minimum absolute atomic E-state index is 0.375. The Morgan fingerprint density at radius 3 is 1.22 bits per heavy atom. The van der Waals surface area contributed by atoms with Crippen molar-refractivity contribution in [2.24, 2.45) is 0 Å². The molecule has 2 N–H and O–H groups in total. The summed E-state index contributed by atoms with van der Waals surface area (Å²) in [7, 11) is 0.375. The third-order valence-corrected chi connectivity index (χ3v) is 0.500. The molecule has 0 atom stereocenters. The lowest BCUT2D eigenvalue weighted by Crippen LogP contribution is -2.23. The van der Waals surface area contributed by atoms with Gasteiger partial charge in [-0.1, -0.05) is 0 Å². The highest BCUT2D eigenvalue weighted by atomic mass is 16.7. The quantitative estimate of drug-likeness (QED) is 0.327. The van der Waals surface area contributed by atoms with E-state index in [0.29, 0.717) is 23.1 Å². The van der Waals surface area contributed by atoms with E-state index in [2.05, 4.69) is 13.7 Å². The molecule has 1 fully saturated rings. The lowest BCUT2D eigenvalue weighted by Gasteiger charge is -2.07. The second-order valence-electron chi connectivity index (χ2n) is 1.11. The summed E-state index contributed by atoms with van der Waals surface area (Å²) in [5.74, 6) is 0.